The normalized spacial score (nSPS) is 10.1. The number of nitrogens with zero attached hydrogens (tertiary/aromatic N) is 1. The van der Waals surface area contributed by atoms with E-state index >= 15 is 0 Å². The molecule has 0 unspecified atom stereocenters. The Kier molecular flexibility index (Phi) is 3.86. The summed E-state index contributed by atoms with van der Waals surface area (Å²) < 4.78 is 13.4. The van der Waals surface area contributed by atoms with E-state index in [0.29, 0.717) is 15.6 Å². The van der Waals surface area contributed by atoms with Crippen molar-refractivity contribution >= 4 is 23.2 Å². The molecule has 0 aliphatic carbocycles. The predicted molar refractivity (Wildman–Crippen MR) is 71.2 cm³/mol. The van der Waals surface area contributed by atoms with E-state index in [-0.39, 0.29) is 6.42 Å². The molecule has 0 saturated carbocycles. The van der Waals surface area contributed by atoms with Gasteiger partial charge in [-0.3, -0.25) is 0 Å². The highest BCUT2D eigenvalue weighted by molar-refractivity contribution is 6.43. The highest BCUT2D eigenvalue weighted by Gasteiger charge is 2.09. The van der Waals surface area contributed by atoms with E-state index in [1.54, 1.807) is 30.3 Å². The summed E-state index contributed by atoms with van der Waals surface area (Å²) in [5.74, 6) is -0.390. The lowest BCUT2D eigenvalue weighted by Gasteiger charge is -2.08. The summed E-state index contributed by atoms with van der Waals surface area (Å²) in [6, 6.07) is 11.8. The zero-order valence-electron chi connectivity index (χ0n) is 9.25. The van der Waals surface area contributed by atoms with Gasteiger partial charge in [-0.1, -0.05) is 41.4 Å². The summed E-state index contributed by atoms with van der Waals surface area (Å²) in [6.45, 7) is 0. The van der Waals surface area contributed by atoms with Crippen LogP contribution < -0.4 is 0 Å². The topological polar surface area (TPSA) is 23.8 Å². The molecule has 0 bridgehead atoms. The average Bonchev–Trinajstić information content (AvgIpc) is 2.36. The Hall–Kier alpha value is -1.56. The zero-order chi connectivity index (χ0) is 13.1. The first-order valence-electron chi connectivity index (χ1n) is 5.23. The van der Waals surface area contributed by atoms with Crippen LogP contribution in [-0.2, 0) is 6.42 Å². The van der Waals surface area contributed by atoms with E-state index in [2.05, 4.69) is 0 Å². The molecule has 4 heteroatoms. The fourth-order valence-electron chi connectivity index (χ4n) is 1.69. The molecule has 2 rings (SSSR count). The maximum absolute atomic E-state index is 13.4. The fraction of sp³-hybridized carbons (Fsp3) is 0.0714. The second-order valence-corrected chi connectivity index (χ2v) is 4.53. The van der Waals surface area contributed by atoms with Crippen molar-refractivity contribution in [3.63, 3.8) is 0 Å². The van der Waals surface area contributed by atoms with Crippen molar-refractivity contribution in [2.24, 2.45) is 0 Å². The molecule has 90 valence electrons. The summed E-state index contributed by atoms with van der Waals surface area (Å²) in [6.07, 6.45) is 0.0257. The Morgan fingerprint density at radius 1 is 1.17 bits per heavy atom. The Balaban J connectivity index is 2.55. The molecule has 1 nitrogen and oxygen atoms in total. The highest BCUT2D eigenvalue weighted by Crippen LogP contribution is 2.34. The van der Waals surface area contributed by atoms with Crippen LogP contribution in [0, 0.1) is 17.1 Å². The van der Waals surface area contributed by atoms with Gasteiger partial charge in [0.2, 0.25) is 0 Å². The number of halogens is 3. The molecular weight excluding hydrogens is 272 g/mol. The lowest BCUT2D eigenvalue weighted by Crippen LogP contribution is -1.90. The van der Waals surface area contributed by atoms with E-state index in [9.17, 15) is 4.39 Å². The average molecular weight is 280 g/mol. The third kappa shape index (κ3) is 2.48. The van der Waals surface area contributed by atoms with Crippen molar-refractivity contribution in [3.8, 4) is 17.2 Å². The Labute approximate surface area is 114 Å². The molecule has 0 aliphatic heterocycles. The molecule has 0 spiro atoms. The van der Waals surface area contributed by atoms with Crippen LogP contribution in [0.5, 0.6) is 0 Å². The number of hydrogen-bond acceptors (Lipinski definition) is 1. The summed E-state index contributed by atoms with van der Waals surface area (Å²) in [4.78, 5) is 0. The van der Waals surface area contributed by atoms with Gasteiger partial charge in [-0.15, -0.1) is 0 Å². The quantitative estimate of drug-likeness (QED) is 0.770. The van der Waals surface area contributed by atoms with Crippen molar-refractivity contribution in [3.05, 3.63) is 57.8 Å². The van der Waals surface area contributed by atoms with Gasteiger partial charge in [-0.2, -0.15) is 5.26 Å². The van der Waals surface area contributed by atoms with Crippen LogP contribution in [0.2, 0.25) is 10.0 Å². The predicted octanol–water partition coefficient (Wildman–Crippen LogP) is 4.87. The van der Waals surface area contributed by atoms with E-state index in [4.69, 9.17) is 28.5 Å². The molecule has 0 radical (unpaired) electrons. The first-order valence-corrected chi connectivity index (χ1v) is 5.99. The number of rotatable bonds is 2. The van der Waals surface area contributed by atoms with Crippen molar-refractivity contribution in [1.29, 1.82) is 5.26 Å². The molecule has 0 N–H and O–H groups in total. The molecule has 2 aromatic carbocycles. The Morgan fingerprint density at radius 2 is 1.94 bits per heavy atom. The van der Waals surface area contributed by atoms with Crippen LogP contribution in [0.1, 0.15) is 5.56 Å². The van der Waals surface area contributed by atoms with Gasteiger partial charge in [0.15, 0.2) is 0 Å². The minimum atomic E-state index is -0.390. The third-order valence-electron chi connectivity index (χ3n) is 2.58. The molecule has 0 fully saturated rings. The van der Waals surface area contributed by atoms with Gasteiger partial charge >= 0.3 is 0 Å². The Morgan fingerprint density at radius 3 is 2.67 bits per heavy atom. The van der Waals surface area contributed by atoms with Crippen LogP contribution in [0.3, 0.4) is 0 Å². The second kappa shape index (κ2) is 5.39. The molecule has 0 aliphatic rings. The third-order valence-corrected chi connectivity index (χ3v) is 3.40. The molecule has 0 amide bonds. The van der Waals surface area contributed by atoms with Crippen LogP contribution in [0.15, 0.2) is 36.4 Å². The van der Waals surface area contributed by atoms with E-state index < -0.39 is 5.82 Å². The number of benzene rings is 2. The van der Waals surface area contributed by atoms with Crippen LogP contribution in [0.4, 0.5) is 4.39 Å². The molecule has 2 aromatic rings. The first-order chi connectivity index (χ1) is 8.63. The van der Waals surface area contributed by atoms with Crippen molar-refractivity contribution in [1.82, 2.24) is 0 Å². The summed E-state index contributed by atoms with van der Waals surface area (Å²) >= 11 is 12.0. The van der Waals surface area contributed by atoms with Gasteiger partial charge in [0.1, 0.15) is 5.82 Å². The largest absolute Gasteiger partial charge is 0.207 e. The maximum atomic E-state index is 13.4. The van der Waals surface area contributed by atoms with Gasteiger partial charge in [-0.25, -0.2) is 4.39 Å². The van der Waals surface area contributed by atoms with Crippen molar-refractivity contribution in [2.45, 2.75) is 6.42 Å². The molecule has 0 atom stereocenters. The first kappa shape index (κ1) is 12.9. The van der Waals surface area contributed by atoms with E-state index in [0.717, 1.165) is 11.1 Å². The van der Waals surface area contributed by atoms with Gasteiger partial charge < -0.3 is 0 Å². The van der Waals surface area contributed by atoms with E-state index in [1.165, 1.54) is 6.07 Å². The van der Waals surface area contributed by atoms with Crippen LogP contribution >= 0.6 is 23.2 Å². The zero-order valence-corrected chi connectivity index (χ0v) is 10.8. The van der Waals surface area contributed by atoms with Crippen molar-refractivity contribution < 1.29 is 4.39 Å². The fourth-order valence-corrected chi connectivity index (χ4v) is 2.10. The molecule has 0 saturated heterocycles. The SMILES string of the molecule is N#CCc1cc(-c2cccc(Cl)c2Cl)ccc1F. The smallest absolute Gasteiger partial charge is 0.127 e. The van der Waals surface area contributed by atoms with Gasteiger partial charge in [0.25, 0.3) is 0 Å². The minimum absolute atomic E-state index is 0.0257. The Bertz CT molecular complexity index is 632. The number of nitriles is 1. The van der Waals surface area contributed by atoms with Gasteiger partial charge in [-0.05, 0) is 23.8 Å². The lowest BCUT2D eigenvalue weighted by molar-refractivity contribution is 0.615. The second-order valence-electron chi connectivity index (χ2n) is 3.74. The van der Waals surface area contributed by atoms with Crippen LogP contribution in [0.25, 0.3) is 11.1 Å². The van der Waals surface area contributed by atoms with Crippen LogP contribution in [-0.4, -0.2) is 0 Å². The van der Waals surface area contributed by atoms with Gasteiger partial charge in [0.05, 0.1) is 22.5 Å². The standard InChI is InChI=1S/C14H8Cl2FN/c15-12-3-1-2-11(14(12)16)9-4-5-13(17)10(8-9)6-7-18/h1-5,8H,6H2. The molecule has 18 heavy (non-hydrogen) atoms. The summed E-state index contributed by atoms with van der Waals surface area (Å²) in [5, 5.41) is 9.51. The minimum Gasteiger partial charge on any atom is -0.207 e. The van der Waals surface area contributed by atoms with Gasteiger partial charge in [0, 0.05) is 11.1 Å². The van der Waals surface area contributed by atoms with Crippen molar-refractivity contribution in [2.75, 3.05) is 0 Å². The summed E-state index contributed by atoms with van der Waals surface area (Å²) in [5.41, 5.74) is 1.82. The monoisotopic (exact) mass is 279 g/mol. The molecule has 0 heterocycles. The maximum Gasteiger partial charge on any atom is 0.127 e. The lowest BCUT2D eigenvalue weighted by atomic mass is 10.0. The summed E-state index contributed by atoms with van der Waals surface area (Å²) in [7, 11) is 0. The molecular formula is C14H8Cl2FN. The highest BCUT2D eigenvalue weighted by atomic mass is 35.5. The van der Waals surface area contributed by atoms with E-state index in [1.807, 2.05) is 6.07 Å². The molecule has 0 aromatic heterocycles. The number of hydrogen-bond donors (Lipinski definition) is 0.